The molecule has 0 heterocycles. The summed E-state index contributed by atoms with van der Waals surface area (Å²) in [6, 6.07) is -0.650. The van der Waals surface area contributed by atoms with E-state index in [1.54, 1.807) is 20.8 Å². The largest absolute Gasteiger partial charge is 0.452 e. The van der Waals surface area contributed by atoms with Gasteiger partial charge in [0.15, 0.2) is 0 Å². The fourth-order valence-electron chi connectivity index (χ4n) is 0.498. The van der Waals surface area contributed by atoms with Crippen LogP contribution in [0.2, 0.25) is 0 Å². The van der Waals surface area contributed by atoms with E-state index in [-0.39, 0.29) is 6.10 Å². The van der Waals surface area contributed by atoms with Crippen LogP contribution in [0.3, 0.4) is 0 Å². The third kappa shape index (κ3) is 6.92. The molecule has 0 aromatic rings. The Morgan fingerprint density at radius 1 is 1.38 bits per heavy atom. The molecule has 74 valence electrons. The van der Waals surface area contributed by atoms with Crippen molar-refractivity contribution in [1.29, 1.82) is 0 Å². The third-order valence-electron chi connectivity index (χ3n) is 0.887. The van der Waals surface area contributed by atoms with Gasteiger partial charge in [-0.25, -0.2) is 9.59 Å². The number of rotatable bonds is 2. The molecule has 6 nitrogen and oxygen atoms in total. The lowest BCUT2D eigenvalue weighted by atomic mass is 10.5. The van der Waals surface area contributed by atoms with Crippen LogP contribution in [0.15, 0.2) is 10.2 Å². The van der Waals surface area contributed by atoms with Gasteiger partial charge in [0.25, 0.3) is 0 Å². The van der Waals surface area contributed by atoms with Gasteiger partial charge in [0.05, 0.1) is 6.10 Å². The van der Waals surface area contributed by atoms with Crippen LogP contribution in [0, 0.1) is 0 Å². The number of carbonyl (C=O) groups excluding carboxylic acids is 2. The first kappa shape index (κ1) is 11.5. The van der Waals surface area contributed by atoms with Crippen molar-refractivity contribution in [2.24, 2.45) is 10.2 Å². The fourth-order valence-corrected chi connectivity index (χ4v) is 0.498. The van der Waals surface area contributed by atoms with Crippen molar-refractivity contribution < 1.29 is 14.3 Å². The Bertz CT molecular complexity index is 213. The summed E-state index contributed by atoms with van der Waals surface area (Å²) < 4.78 is 4.60. The molecule has 0 radical (unpaired) electrons. The minimum atomic E-state index is -0.860. The molecule has 0 unspecified atom stereocenters. The van der Waals surface area contributed by atoms with Crippen molar-refractivity contribution in [1.82, 2.24) is 5.32 Å². The molecular formula is C7H13N3O3. The number of carbonyl (C=O) groups is 2. The first-order valence-electron chi connectivity index (χ1n) is 3.96. The molecule has 0 bridgehead atoms. The summed E-state index contributed by atoms with van der Waals surface area (Å²) in [6.45, 7) is 5.54. The zero-order valence-corrected chi connectivity index (χ0v) is 7.90. The maximum Gasteiger partial charge on any atom is 0.452 e. The van der Waals surface area contributed by atoms with E-state index in [9.17, 15) is 9.59 Å². The second kappa shape index (κ2) is 6.10. The van der Waals surface area contributed by atoms with Gasteiger partial charge in [0.1, 0.15) is 0 Å². The SMILES string of the molecule is CCNC(=O)N=NC(=O)OC(C)C. The second-order valence-corrected chi connectivity index (χ2v) is 2.47. The summed E-state index contributed by atoms with van der Waals surface area (Å²) in [4.78, 5) is 21.4. The Labute approximate surface area is 76.4 Å². The lowest BCUT2D eigenvalue weighted by molar-refractivity contribution is 0.124. The van der Waals surface area contributed by atoms with E-state index in [0.717, 1.165) is 0 Å². The lowest BCUT2D eigenvalue weighted by Crippen LogP contribution is -2.18. The normalized spacial score (nSPS) is 10.5. The molecule has 0 aliphatic carbocycles. The molecule has 0 fully saturated rings. The highest BCUT2D eigenvalue weighted by molar-refractivity contribution is 5.77. The summed E-state index contributed by atoms with van der Waals surface area (Å²) in [5, 5.41) is 8.45. The van der Waals surface area contributed by atoms with Crippen molar-refractivity contribution in [3.63, 3.8) is 0 Å². The quantitative estimate of drug-likeness (QED) is 0.668. The van der Waals surface area contributed by atoms with E-state index in [2.05, 4.69) is 20.3 Å². The third-order valence-corrected chi connectivity index (χ3v) is 0.887. The van der Waals surface area contributed by atoms with Crippen molar-refractivity contribution >= 4 is 12.1 Å². The van der Waals surface area contributed by atoms with Crippen LogP contribution in [-0.2, 0) is 4.74 Å². The summed E-state index contributed by atoms with van der Waals surface area (Å²) in [5.74, 6) is 0. The Balaban J connectivity index is 3.83. The summed E-state index contributed by atoms with van der Waals surface area (Å²) in [7, 11) is 0. The molecule has 0 atom stereocenters. The second-order valence-electron chi connectivity index (χ2n) is 2.47. The van der Waals surface area contributed by atoms with Crippen LogP contribution >= 0.6 is 0 Å². The van der Waals surface area contributed by atoms with Gasteiger partial charge < -0.3 is 10.1 Å². The predicted molar refractivity (Wildman–Crippen MR) is 45.5 cm³/mol. The smallest absolute Gasteiger partial charge is 0.444 e. The van der Waals surface area contributed by atoms with Crippen LogP contribution in [0.1, 0.15) is 20.8 Å². The predicted octanol–water partition coefficient (Wildman–Crippen LogP) is 1.71. The number of hydrogen-bond donors (Lipinski definition) is 1. The van der Waals surface area contributed by atoms with Crippen LogP contribution in [0.4, 0.5) is 9.59 Å². The van der Waals surface area contributed by atoms with E-state index in [4.69, 9.17) is 0 Å². The molecule has 6 heteroatoms. The van der Waals surface area contributed by atoms with Gasteiger partial charge in [-0.1, -0.05) is 10.2 Å². The van der Waals surface area contributed by atoms with Gasteiger partial charge in [-0.15, -0.1) is 0 Å². The Morgan fingerprint density at radius 3 is 2.46 bits per heavy atom. The molecule has 0 saturated heterocycles. The van der Waals surface area contributed by atoms with E-state index in [1.807, 2.05) is 0 Å². The lowest BCUT2D eigenvalue weighted by Gasteiger charge is -2.01. The van der Waals surface area contributed by atoms with Gasteiger partial charge in [0.2, 0.25) is 0 Å². The molecule has 0 aromatic heterocycles. The minimum Gasteiger partial charge on any atom is -0.444 e. The average Bonchev–Trinajstić information content (AvgIpc) is 2.00. The van der Waals surface area contributed by atoms with Crippen molar-refractivity contribution in [2.45, 2.75) is 26.9 Å². The van der Waals surface area contributed by atoms with Gasteiger partial charge in [0, 0.05) is 6.54 Å². The number of urea groups is 1. The summed E-state index contributed by atoms with van der Waals surface area (Å²) >= 11 is 0. The van der Waals surface area contributed by atoms with Crippen LogP contribution in [0.25, 0.3) is 0 Å². The molecule has 0 spiro atoms. The molecule has 1 N–H and O–H groups in total. The summed E-state index contributed by atoms with van der Waals surface area (Å²) in [6.07, 6.45) is -1.12. The highest BCUT2D eigenvalue weighted by Crippen LogP contribution is 1.92. The van der Waals surface area contributed by atoms with E-state index in [1.165, 1.54) is 0 Å². The Hall–Kier alpha value is -1.46. The molecular weight excluding hydrogens is 174 g/mol. The van der Waals surface area contributed by atoms with E-state index < -0.39 is 12.1 Å². The average molecular weight is 187 g/mol. The van der Waals surface area contributed by atoms with E-state index >= 15 is 0 Å². The number of azo groups is 1. The highest BCUT2D eigenvalue weighted by Gasteiger charge is 2.03. The van der Waals surface area contributed by atoms with Crippen molar-refractivity contribution in [2.75, 3.05) is 6.54 Å². The number of nitrogens with one attached hydrogen (secondary N) is 1. The first-order valence-corrected chi connectivity index (χ1v) is 3.96. The van der Waals surface area contributed by atoms with Gasteiger partial charge in [-0.3, -0.25) is 0 Å². The van der Waals surface area contributed by atoms with Gasteiger partial charge in [-0.05, 0) is 20.8 Å². The van der Waals surface area contributed by atoms with Gasteiger partial charge >= 0.3 is 12.1 Å². The Kier molecular flexibility index (Phi) is 5.42. The topological polar surface area (TPSA) is 80.1 Å². The fraction of sp³-hybridized carbons (Fsp3) is 0.714. The van der Waals surface area contributed by atoms with Crippen molar-refractivity contribution in [3.05, 3.63) is 0 Å². The molecule has 3 amide bonds. The van der Waals surface area contributed by atoms with Crippen LogP contribution < -0.4 is 5.32 Å². The van der Waals surface area contributed by atoms with E-state index in [0.29, 0.717) is 6.54 Å². The monoisotopic (exact) mass is 187 g/mol. The number of hydrogen-bond acceptors (Lipinski definition) is 3. The minimum absolute atomic E-state index is 0.263. The molecule has 0 saturated carbocycles. The maximum atomic E-state index is 10.7. The van der Waals surface area contributed by atoms with Crippen LogP contribution in [0.5, 0.6) is 0 Å². The molecule has 0 aliphatic rings. The Morgan fingerprint density at radius 2 is 2.00 bits per heavy atom. The highest BCUT2D eigenvalue weighted by atomic mass is 16.6. The summed E-state index contributed by atoms with van der Waals surface area (Å²) in [5.41, 5.74) is 0. The van der Waals surface area contributed by atoms with Gasteiger partial charge in [-0.2, -0.15) is 0 Å². The maximum absolute atomic E-state index is 10.7. The number of nitrogens with zero attached hydrogens (tertiary/aromatic N) is 2. The van der Waals surface area contributed by atoms with Crippen LogP contribution in [-0.4, -0.2) is 24.8 Å². The molecule has 0 rings (SSSR count). The zero-order valence-electron chi connectivity index (χ0n) is 7.90. The molecule has 0 aliphatic heterocycles. The number of ether oxygens (including phenoxy) is 1. The molecule has 0 aromatic carbocycles. The number of amides is 3. The zero-order chi connectivity index (χ0) is 10.3. The standard InChI is InChI=1S/C7H13N3O3/c1-4-8-6(11)9-10-7(12)13-5(2)3/h5H,4H2,1-3H3,(H,8,11). The molecule has 13 heavy (non-hydrogen) atoms. The van der Waals surface area contributed by atoms with Crippen molar-refractivity contribution in [3.8, 4) is 0 Å². The first-order chi connectivity index (χ1) is 6.06.